The molecule has 3 heterocycles. The molecule has 0 spiro atoms. The van der Waals surface area contributed by atoms with Crippen molar-refractivity contribution >= 4 is 11.8 Å². The zero-order valence-corrected chi connectivity index (χ0v) is 21.1. The topological polar surface area (TPSA) is 89.8 Å². The summed E-state index contributed by atoms with van der Waals surface area (Å²) >= 11 is 0. The van der Waals surface area contributed by atoms with Crippen molar-refractivity contribution in [3.8, 4) is 5.75 Å². The standard InChI is InChI=1S/C27H33N5O4/c1-20-14-21(2)32(29-20)13-10-26(33)31-17-25(36-19-23-8-11-28-12-9-23)16-30(27(34)18-31)15-22-4-6-24(35-3)7-5-22/h4-9,11-12,14,25H,10,13,15-19H2,1-3H3/t25-/m1/s1. The predicted octanol–water partition coefficient (Wildman–Crippen LogP) is 2.75. The summed E-state index contributed by atoms with van der Waals surface area (Å²) in [7, 11) is 1.62. The number of hydrogen-bond donors (Lipinski definition) is 0. The van der Waals surface area contributed by atoms with Gasteiger partial charge in [0.25, 0.3) is 0 Å². The van der Waals surface area contributed by atoms with E-state index in [4.69, 9.17) is 9.47 Å². The Bertz CT molecular complexity index is 1160. The molecule has 3 aromatic rings. The van der Waals surface area contributed by atoms with Gasteiger partial charge in [-0.2, -0.15) is 5.10 Å². The van der Waals surface area contributed by atoms with Crippen LogP contribution >= 0.6 is 0 Å². The fourth-order valence-corrected chi connectivity index (χ4v) is 4.33. The minimum atomic E-state index is -0.319. The van der Waals surface area contributed by atoms with Crippen LogP contribution in [0.25, 0.3) is 0 Å². The lowest BCUT2D eigenvalue weighted by Gasteiger charge is -2.25. The summed E-state index contributed by atoms with van der Waals surface area (Å²) in [5.41, 5.74) is 3.91. The molecule has 0 N–H and O–H groups in total. The molecule has 0 aliphatic carbocycles. The van der Waals surface area contributed by atoms with E-state index in [1.165, 1.54) is 0 Å². The number of benzene rings is 1. The first kappa shape index (κ1) is 25.4. The highest BCUT2D eigenvalue weighted by Gasteiger charge is 2.31. The first-order valence-electron chi connectivity index (χ1n) is 12.1. The summed E-state index contributed by atoms with van der Waals surface area (Å²) < 4.78 is 13.3. The Hall–Kier alpha value is -3.72. The molecule has 9 nitrogen and oxygen atoms in total. The van der Waals surface area contributed by atoms with Crippen LogP contribution in [0.3, 0.4) is 0 Å². The van der Waals surface area contributed by atoms with Gasteiger partial charge >= 0.3 is 0 Å². The van der Waals surface area contributed by atoms with E-state index < -0.39 is 0 Å². The van der Waals surface area contributed by atoms with Crippen molar-refractivity contribution in [2.24, 2.45) is 0 Å². The Morgan fingerprint density at radius 2 is 1.81 bits per heavy atom. The first-order chi connectivity index (χ1) is 17.4. The largest absolute Gasteiger partial charge is 0.497 e. The summed E-state index contributed by atoms with van der Waals surface area (Å²) in [5.74, 6) is 0.582. The number of aromatic nitrogens is 3. The van der Waals surface area contributed by atoms with Gasteiger partial charge in [0.1, 0.15) is 5.75 Å². The number of methoxy groups -OCH3 is 1. The van der Waals surface area contributed by atoms with Crippen molar-refractivity contribution in [2.45, 2.75) is 46.1 Å². The smallest absolute Gasteiger partial charge is 0.242 e. The third-order valence-electron chi connectivity index (χ3n) is 6.29. The molecular formula is C27H33N5O4. The molecule has 1 fully saturated rings. The number of pyridine rings is 1. The molecular weight excluding hydrogens is 458 g/mol. The van der Waals surface area contributed by atoms with Crippen molar-refractivity contribution in [2.75, 3.05) is 26.7 Å². The Kier molecular flexibility index (Phi) is 8.32. The molecule has 2 amide bonds. The number of rotatable bonds is 9. The number of carbonyl (C=O) groups is 2. The van der Waals surface area contributed by atoms with Gasteiger partial charge in [-0.25, -0.2) is 0 Å². The number of aryl methyl sites for hydroxylation is 3. The quantitative estimate of drug-likeness (QED) is 0.457. The monoisotopic (exact) mass is 491 g/mol. The maximum atomic E-state index is 13.2. The van der Waals surface area contributed by atoms with Gasteiger partial charge in [-0.15, -0.1) is 0 Å². The van der Waals surface area contributed by atoms with E-state index in [2.05, 4.69) is 10.1 Å². The van der Waals surface area contributed by atoms with Crippen LogP contribution in [0.15, 0.2) is 54.9 Å². The molecule has 2 aromatic heterocycles. The van der Waals surface area contributed by atoms with E-state index in [-0.39, 0.29) is 30.9 Å². The fraction of sp³-hybridized carbons (Fsp3) is 0.407. The van der Waals surface area contributed by atoms with E-state index in [0.29, 0.717) is 32.8 Å². The van der Waals surface area contributed by atoms with Crippen LogP contribution < -0.4 is 4.74 Å². The van der Waals surface area contributed by atoms with Crippen LogP contribution in [0, 0.1) is 13.8 Å². The Balaban J connectivity index is 1.46. The van der Waals surface area contributed by atoms with Gasteiger partial charge in [0.2, 0.25) is 11.8 Å². The van der Waals surface area contributed by atoms with Gasteiger partial charge in [-0.1, -0.05) is 12.1 Å². The molecule has 0 bridgehead atoms. The van der Waals surface area contributed by atoms with Gasteiger partial charge < -0.3 is 19.3 Å². The maximum Gasteiger partial charge on any atom is 0.242 e. The molecule has 1 aliphatic rings. The van der Waals surface area contributed by atoms with Gasteiger partial charge in [-0.05, 0) is 55.3 Å². The maximum absolute atomic E-state index is 13.2. The minimum Gasteiger partial charge on any atom is -0.497 e. The number of nitrogens with zero attached hydrogens (tertiary/aromatic N) is 5. The zero-order chi connectivity index (χ0) is 25.5. The van der Waals surface area contributed by atoms with Crippen LogP contribution in [0.2, 0.25) is 0 Å². The second-order valence-electron chi connectivity index (χ2n) is 9.09. The molecule has 190 valence electrons. The number of ether oxygens (including phenoxy) is 2. The first-order valence-corrected chi connectivity index (χ1v) is 12.1. The molecule has 1 atom stereocenters. The van der Waals surface area contributed by atoms with Gasteiger partial charge in [-0.3, -0.25) is 19.3 Å². The van der Waals surface area contributed by atoms with Crippen LogP contribution in [-0.4, -0.2) is 69.2 Å². The highest BCUT2D eigenvalue weighted by atomic mass is 16.5. The summed E-state index contributed by atoms with van der Waals surface area (Å²) in [6, 6.07) is 13.4. The summed E-state index contributed by atoms with van der Waals surface area (Å²) in [6.45, 7) is 5.98. The Labute approximate surface area is 211 Å². The lowest BCUT2D eigenvalue weighted by molar-refractivity contribution is -0.139. The number of amides is 2. The number of hydrogen-bond acceptors (Lipinski definition) is 6. The lowest BCUT2D eigenvalue weighted by Crippen LogP contribution is -2.40. The zero-order valence-electron chi connectivity index (χ0n) is 21.1. The number of carbonyl (C=O) groups excluding carboxylic acids is 2. The molecule has 4 rings (SSSR count). The van der Waals surface area contributed by atoms with E-state index in [0.717, 1.165) is 28.3 Å². The summed E-state index contributed by atoms with van der Waals surface area (Å²) in [5, 5.41) is 4.44. The van der Waals surface area contributed by atoms with Gasteiger partial charge in [0, 0.05) is 50.7 Å². The second kappa shape index (κ2) is 11.8. The normalized spacial score (nSPS) is 16.2. The predicted molar refractivity (Wildman–Crippen MR) is 134 cm³/mol. The van der Waals surface area contributed by atoms with E-state index in [1.807, 2.05) is 61.0 Å². The van der Waals surface area contributed by atoms with Gasteiger partial charge in [0.15, 0.2) is 0 Å². The molecule has 36 heavy (non-hydrogen) atoms. The van der Waals surface area contributed by atoms with Crippen molar-refractivity contribution in [3.63, 3.8) is 0 Å². The third-order valence-corrected chi connectivity index (χ3v) is 6.29. The van der Waals surface area contributed by atoms with E-state index >= 15 is 0 Å². The van der Waals surface area contributed by atoms with E-state index in [1.54, 1.807) is 29.3 Å². The van der Waals surface area contributed by atoms with E-state index in [9.17, 15) is 9.59 Å². The average molecular weight is 492 g/mol. The van der Waals surface area contributed by atoms with Crippen LogP contribution in [-0.2, 0) is 34.0 Å². The van der Waals surface area contributed by atoms with Crippen LogP contribution in [0.5, 0.6) is 5.75 Å². The minimum absolute atomic E-state index is 0.0290. The van der Waals surface area contributed by atoms with Crippen LogP contribution in [0.4, 0.5) is 0 Å². The van der Waals surface area contributed by atoms with Crippen LogP contribution in [0.1, 0.15) is 28.9 Å². The van der Waals surface area contributed by atoms with Gasteiger partial charge in [0.05, 0.1) is 32.1 Å². The Morgan fingerprint density at radius 3 is 2.47 bits per heavy atom. The second-order valence-corrected chi connectivity index (χ2v) is 9.09. The fourth-order valence-electron chi connectivity index (χ4n) is 4.33. The molecule has 0 radical (unpaired) electrons. The molecule has 1 aromatic carbocycles. The molecule has 1 aliphatic heterocycles. The highest BCUT2D eigenvalue weighted by molar-refractivity contribution is 5.85. The molecule has 9 heteroatoms. The lowest BCUT2D eigenvalue weighted by atomic mass is 10.2. The average Bonchev–Trinajstić information content (AvgIpc) is 3.12. The highest BCUT2D eigenvalue weighted by Crippen LogP contribution is 2.17. The SMILES string of the molecule is COc1ccc(CN2C[C@@H](OCc3ccncc3)CN(C(=O)CCn3nc(C)cc3C)CC2=O)cc1. The Morgan fingerprint density at radius 1 is 1.06 bits per heavy atom. The molecule has 1 saturated heterocycles. The van der Waals surface area contributed by atoms with Crippen molar-refractivity contribution in [1.82, 2.24) is 24.6 Å². The van der Waals surface area contributed by atoms with Crippen molar-refractivity contribution < 1.29 is 19.1 Å². The molecule has 0 saturated carbocycles. The molecule has 0 unspecified atom stereocenters. The van der Waals surface area contributed by atoms with Crippen molar-refractivity contribution in [1.29, 1.82) is 0 Å². The van der Waals surface area contributed by atoms with Crippen molar-refractivity contribution in [3.05, 3.63) is 77.4 Å². The summed E-state index contributed by atoms with van der Waals surface area (Å²) in [6.07, 6.45) is 3.39. The third kappa shape index (κ3) is 6.69. The summed E-state index contributed by atoms with van der Waals surface area (Å²) in [4.78, 5) is 33.9.